The van der Waals surface area contributed by atoms with Gasteiger partial charge >= 0.3 is 5.97 Å². The molecule has 14 heavy (non-hydrogen) atoms. The summed E-state index contributed by atoms with van der Waals surface area (Å²) in [7, 11) is 0. The maximum atomic E-state index is 10.3. The fourth-order valence-corrected chi connectivity index (χ4v) is 0.784. The Morgan fingerprint density at radius 2 is 2.36 bits per heavy atom. The number of rotatable bonds is 6. The summed E-state index contributed by atoms with van der Waals surface area (Å²) in [5, 5.41) is 11.1. The highest BCUT2D eigenvalue weighted by molar-refractivity contribution is 5.78. The fraction of sp³-hybridized carbons (Fsp3) is 0.500. The van der Waals surface area contributed by atoms with Crippen LogP contribution in [0.4, 0.5) is 0 Å². The number of carboxylic acids is 1. The first kappa shape index (κ1) is 12.4. The lowest BCUT2D eigenvalue weighted by molar-refractivity contribution is -0.138. The minimum absolute atomic E-state index is 0.267. The Labute approximate surface area is 82.7 Å². The average Bonchev–Trinajstić information content (AvgIpc) is 2.12. The fourth-order valence-electron chi connectivity index (χ4n) is 0.784. The van der Waals surface area contributed by atoms with Gasteiger partial charge in [0.25, 0.3) is 0 Å². The van der Waals surface area contributed by atoms with Crippen LogP contribution in [0.5, 0.6) is 0 Å². The third-order valence-electron chi connectivity index (χ3n) is 1.52. The lowest BCUT2D eigenvalue weighted by Gasteiger charge is -2.04. The Kier molecular flexibility index (Phi) is 6.13. The largest absolute Gasteiger partial charge is 0.480 e. The molecule has 0 spiro atoms. The van der Waals surface area contributed by atoms with Crippen molar-refractivity contribution in [2.45, 2.75) is 18.9 Å². The normalized spacial score (nSPS) is 13.4. The molecule has 0 aromatic heterocycles. The highest BCUT2D eigenvalue weighted by Crippen LogP contribution is 1.94. The van der Waals surface area contributed by atoms with Crippen LogP contribution in [0.15, 0.2) is 17.8 Å². The van der Waals surface area contributed by atoms with E-state index in [4.69, 9.17) is 16.6 Å². The lowest BCUT2D eigenvalue weighted by atomic mass is 10.2. The molecule has 6 N–H and O–H groups in total. The predicted molar refractivity (Wildman–Crippen MR) is 54.7 cm³/mol. The molecule has 0 unspecified atom stereocenters. The van der Waals surface area contributed by atoms with Crippen molar-refractivity contribution in [2.24, 2.45) is 16.5 Å². The summed E-state index contributed by atoms with van der Waals surface area (Å²) in [5.74, 6) is -0.727. The van der Waals surface area contributed by atoms with Gasteiger partial charge in [-0.2, -0.15) is 0 Å². The van der Waals surface area contributed by atoms with Crippen LogP contribution in [0.2, 0.25) is 0 Å². The minimum Gasteiger partial charge on any atom is -0.480 e. The zero-order chi connectivity index (χ0) is 11.0. The Balaban J connectivity index is 3.59. The van der Waals surface area contributed by atoms with Gasteiger partial charge in [0.1, 0.15) is 6.04 Å². The van der Waals surface area contributed by atoms with Gasteiger partial charge in [0.15, 0.2) is 5.96 Å². The van der Waals surface area contributed by atoms with E-state index in [2.05, 4.69) is 16.9 Å². The highest BCUT2D eigenvalue weighted by atomic mass is 16.4. The van der Waals surface area contributed by atoms with Crippen molar-refractivity contribution in [3.05, 3.63) is 12.8 Å². The molecule has 0 fully saturated rings. The summed E-state index contributed by atoms with van der Waals surface area (Å²) >= 11 is 0. The van der Waals surface area contributed by atoms with E-state index < -0.39 is 12.0 Å². The van der Waals surface area contributed by atoms with Gasteiger partial charge in [0, 0.05) is 6.54 Å². The lowest BCUT2D eigenvalue weighted by Crippen LogP contribution is -2.30. The van der Waals surface area contributed by atoms with E-state index in [0.29, 0.717) is 19.4 Å². The van der Waals surface area contributed by atoms with Gasteiger partial charge in [0.2, 0.25) is 0 Å². The van der Waals surface area contributed by atoms with E-state index in [-0.39, 0.29) is 5.96 Å². The molecule has 80 valence electrons. The maximum Gasteiger partial charge on any atom is 0.320 e. The summed E-state index contributed by atoms with van der Waals surface area (Å²) in [4.78, 5) is 14.2. The third kappa shape index (κ3) is 6.01. The molecular weight excluding hydrogens is 184 g/mol. The van der Waals surface area contributed by atoms with E-state index >= 15 is 0 Å². The van der Waals surface area contributed by atoms with E-state index in [9.17, 15) is 4.79 Å². The third-order valence-corrected chi connectivity index (χ3v) is 1.52. The summed E-state index contributed by atoms with van der Waals surface area (Å²) in [6.07, 6.45) is 2.40. The summed E-state index contributed by atoms with van der Waals surface area (Å²) in [6, 6.07) is -0.821. The number of carbonyl (C=O) groups is 1. The summed E-state index contributed by atoms with van der Waals surface area (Å²) in [6.45, 7) is 3.86. The van der Waals surface area contributed by atoms with E-state index in [1.165, 1.54) is 6.20 Å². The van der Waals surface area contributed by atoms with Crippen LogP contribution in [0.25, 0.3) is 0 Å². The van der Waals surface area contributed by atoms with Gasteiger partial charge in [-0.3, -0.25) is 9.79 Å². The van der Waals surface area contributed by atoms with Gasteiger partial charge in [-0.05, 0) is 19.0 Å². The first-order chi connectivity index (χ1) is 6.57. The van der Waals surface area contributed by atoms with Crippen LogP contribution in [-0.2, 0) is 4.79 Å². The van der Waals surface area contributed by atoms with Gasteiger partial charge in [-0.1, -0.05) is 6.58 Å². The molecule has 0 rings (SSSR count). The molecule has 0 heterocycles. The molecule has 0 saturated heterocycles. The number of hydrogen-bond acceptors (Lipinski definition) is 3. The molecule has 0 aromatic carbocycles. The number of hydrogen-bond donors (Lipinski definition) is 4. The number of aliphatic imine (C=N–C) groups is 1. The molecule has 0 aromatic rings. The Morgan fingerprint density at radius 3 is 2.86 bits per heavy atom. The number of nitrogens with two attached hydrogens (primary N) is 2. The molecule has 6 heteroatoms. The molecule has 0 aliphatic rings. The Hall–Kier alpha value is -1.56. The van der Waals surface area contributed by atoms with Crippen LogP contribution >= 0.6 is 0 Å². The van der Waals surface area contributed by atoms with E-state index in [1.54, 1.807) is 0 Å². The Bertz CT molecular complexity index is 227. The van der Waals surface area contributed by atoms with Crippen LogP contribution in [0, 0.1) is 0 Å². The van der Waals surface area contributed by atoms with Gasteiger partial charge in [-0.25, -0.2) is 0 Å². The van der Waals surface area contributed by atoms with Crippen molar-refractivity contribution in [1.82, 2.24) is 5.32 Å². The van der Waals surface area contributed by atoms with Crippen molar-refractivity contribution in [1.29, 1.82) is 0 Å². The first-order valence-electron chi connectivity index (χ1n) is 4.23. The molecule has 0 aliphatic heterocycles. The topological polar surface area (TPSA) is 114 Å². The molecule has 0 saturated carbocycles. The zero-order valence-corrected chi connectivity index (χ0v) is 7.94. The second kappa shape index (κ2) is 6.90. The first-order valence-corrected chi connectivity index (χ1v) is 4.23. The zero-order valence-electron chi connectivity index (χ0n) is 7.94. The van der Waals surface area contributed by atoms with Crippen LogP contribution in [0.1, 0.15) is 12.8 Å². The highest BCUT2D eigenvalue weighted by Gasteiger charge is 2.09. The number of guanidine groups is 1. The molecule has 0 radical (unpaired) electrons. The average molecular weight is 200 g/mol. The molecule has 0 amide bonds. The number of carboxylic acid groups (broad SMARTS) is 1. The predicted octanol–water partition coefficient (Wildman–Crippen LogP) is -0.774. The van der Waals surface area contributed by atoms with Crippen LogP contribution < -0.4 is 16.8 Å². The van der Waals surface area contributed by atoms with Crippen LogP contribution in [-0.4, -0.2) is 29.6 Å². The number of aliphatic carboxylic acids is 1. The summed E-state index contributed by atoms with van der Waals surface area (Å²) in [5.41, 5.74) is 10.7. The smallest absolute Gasteiger partial charge is 0.320 e. The molecular formula is C8H16N4O2. The molecule has 0 aliphatic carbocycles. The van der Waals surface area contributed by atoms with Crippen molar-refractivity contribution < 1.29 is 9.90 Å². The van der Waals surface area contributed by atoms with Crippen molar-refractivity contribution in [3.8, 4) is 0 Å². The van der Waals surface area contributed by atoms with Gasteiger partial charge in [0.05, 0.1) is 0 Å². The van der Waals surface area contributed by atoms with Crippen molar-refractivity contribution in [3.63, 3.8) is 0 Å². The SMILES string of the molecule is C=CNC(N)=NCCC[C@H](N)C(=O)O. The van der Waals surface area contributed by atoms with E-state index in [1.807, 2.05) is 0 Å². The second-order valence-corrected chi connectivity index (χ2v) is 2.70. The number of nitrogens with zero attached hydrogens (tertiary/aromatic N) is 1. The molecule has 0 bridgehead atoms. The van der Waals surface area contributed by atoms with Crippen LogP contribution in [0.3, 0.4) is 0 Å². The second-order valence-electron chi connectivity index (χ2n) is 2.70. The summed E-state index contributed by atoms with van der Waals surface area (Å²) < 4.78 is 0. The van der Waals surface area contributed by atoms with Crippen molar-refractivity contribution in [2.75, 3.05) is 6.54 Å². The van der Waals surface area contributed by atoms with Gasteiger partial charge < -0.3 is 21.9 Å². The van der Waals surface area contributed by atoms with Gasteiger partial charge in [-0.15, -0.1) is 0 Å². The maximum absolute atomic E-state index is 10.3. The quantitative estimate of drug-likeness (QED) is 0.255. The number of nitrogens with one attached hydrogen (secondary N) is 1. The Morgan fingerprint density at radius 1 is 1.71 bits per heavy atom. The molecule has 1 atom stereocenters. The monoisotopic (exact) mass is 200 g/mol. The molecule has 6 nitrogen and oxygen atoms in total. The van der Waals surface area contributed by atoms with E-state index in [0.717, 1.165) is 0 Å². The van der Waals surface area contributed by atoms with Crippen molar-refractivity contribution >= 4 is 11.9 Å². The minimum atomic E-state index is -0.994. The standard InChI is InChI=1S/C8H16N4O2/c1-2-11-8(10)12-5-3-4-6(9)7(13)14/h2,6H,1,3-5,9H2,(H,13,14)(H3,10,11,12)/t6-/m0/s1.